The Labute approximate surface area is 212 Å². The molecule has 0 bridgehead atoms. The molecular weight excluding hydrogens is 509 g/mol. The fourth-order valence-electron chi connectivity index (χ4n) is 5.06. The Bertz CT molecular complexity index is 1360. The van der Waals surface area contributed by atoms with Crippen LogP contribution in [0.25, 0.3) is 0 Å². The lowest BCUT2D eigenvalue weighted by Crippen LogP contribution is -2.38. The highest BCUT2D eigenvalue weighted by atomic mass is 32.2. The fourth-order valence-corrected chi connectivity index (χ4v) is 6.69. The summed E-state index contributed by atoms with van der Waals surface area (Å²) in [6, 6.07) is 6.03. The van der Waals surface area contributed by atoms with E-state index in [2.05, 4.69) is 0 Å². The van der Waals surface area contributed by atoms with Crippen molar-refractivity contribution in [2.24, 2.45) is 11.8 Å². The summed E-state index contributed by atoms with van der Waals surface area (Å²) in [5.74, 6) is -2.03. The molecule has 0 aromatic heterocycles. The Morgan fingerprint density at radius 1 is 1.14 bits per heavy atom. The van der Waals surface area contributed by atoms with E-state index in [1.54, 1.807) is 6.07 Å². The minimum atomic E-state index is -4.74. The molecule has 0 radical (unpaired) electrons. The number of carboxylic acid groups (broad SMARTS) is 1. The normalized spacial score (nSPS) is 23.3. The van der Waals surface area contributed by atoms with Crippen molar-refractivity contribution in [1.29, 1.82) is 0 Å². The van der Waals surface area contributed by atoms with Gasteiger partial charge in [0.05, 0.1) is 30.9 Å². The third-order valence-corrected chi connectivity index (χ3v) is 8.80. The summed E-state index contributed by atoms with van der Waals surface area (Å²) in [7, 11) is -2.28. The number of fused-ring (bicyclic) bond motifs is 3. The Morgan fingerprint density at radius 3 is 2.62 bits per heavy atom. The maximum Gasteiger partial charge on any atom is 0.428 e. The number of benzene rings is 2. The third-order valence-electron chi connectivity index (χ3n) is 7.05. The lowest BCUT2D eigenvalue weighted by Gasteiger charge is -2.27. The Morgan fingerprint density at radius 2 is 1.92 bits per heavy atom. The van der Waals surface area contributed by atoms with E-state index in [-0.39, 0.29) is 47.4 Å². The molecule has 5 rings (SSSR count). The summed E-state index contributed by atoms with van der Waals surface area (Å²) in [6.45, 7) is 0.652. The summed E-state index contributed by atoms with van der Waals surface area (Å²) in [5, 5.41) is 10.1. The van der Waals surface area contributed by atoms with Gasteiger partial charge in [0.25, 0.3) is 10.0 Å². The van der Waals surface area contributed by atoms with Crippen molar-refractivity contribution in [2.45, 2.75) is 29.6 Å². The molecule has 3 aliphatic rings. The van der Waals surface area contributed by atoms with Gasteiger partial charge in [-0.05, 0) is 66.0 Å². The van der Waals surface area contributed by atoms with Crippen LogP contribution in [-0.2, 0) is 24.2 Å². The lowest BCUT2D eigenvalue weighted by atomic mass is 10.00. The number of hydrogen-bond donors (Lipinski definition) is 1. The molecule has 1 aliphatic heterocycles. The monoisotopic (exact) mass is 535 g/mol. The molecule has 12 heteroatoms. The van der Waals surface area contributed by atoms with E-state index in [0.717, 1.165) is 31.7 Å². The highest BCUT2D eigenvalue weighted by Crippen LogP contribution is 2.56. The number of carbonyl (C=O) groups is 2. The lowest BCUT2D eigenvalue weighted by molar-refractivity contribution is -0.0348. The molecule has 2 aromatic rings. The predicted octanol–water partition coefficient (Wildman–Crippen LogP) is 3.71. The van der Waals surface area contributed by atoms with Gasteiger partial charge in [-0.15, -0.1) is 0 Å². The summed E-state index contributed by atoms with van der Waals surface area (Å²) in [6.07, 6.45) is 0.0809. The molecule has 2 aliphatic carbocycles. The predicted molar refractivity (Wildman–Crippen MR) is 127 cm³/mol. The number of ether oxygens (including phenoxy) is 4. The van der Waals surface area contributed by atoms with E-state index in [4.69, 9.17) is 18.9 Å². The van der Waals surface area contributed by atoms with E-state index in [0.29, 0.717) is 28.8 Å². The molecule has 0 spiro atoms. The molecule has 37 heavy (non-hydrogen) atoms. The average molecular weight is 536 g/mol. The Hall–Kier alpha value is -3.22. The highest BCUT2D eigenvalue weighted by Gasteiger charge is 2.48. The minimum Gasteiger partial charge on any atom is -0.492 e. The van der Waals surface area contributed by atoms with Gasteiger partial charge in [0, 0.05) is 13.0 Å². The van der Waals surface area contributed by atoms with E-state index in [9.17, 15) is 27.5 Å². The molecule has 0 saturated heterocycles. The number of amides is 1. The van der Waals surface area contributed by atoms with Crippen molar-refractivity contribution in [3.8, 4) is 5.75 Å². The number of anilines is 1. The summed E-state index contributed by atoms with van der Waals surface area (Å²) >= 11 is 0. The number of rotatable bonds is 9. The van der Waals surface area contributed by atoms with Crippen LogP contribution in [0.4, 0.5) is 14.9 Å². The van der Waals surface area contributed by atoms with Crippen molar-refractivity contribution in [2.75, 3.05) is 38.5 Å². The Balaban J connectivity index is 1.60. The van der Waals surface area contributed by atoms with Gasteiger partial charge >= 0.3 is 12.1 Å². The van der Waals surface area contributed by atoms with Crippen molar-refractivity contribution in [1.82, 2.24) is 0 Å². The van der Waals surface area contributed by atoms with Crippen molar-refractivity contribution >= 4 is 27.8 Å². The molecule has 1 N–H and O–H groups in total. The number of nitrogens with zero attached hydrogens (tertiary/aromatic N) is 1. The molecule has 4 atom stereocenters. The smallest absolute Gasteiger partial charge is 0.428 e. The van der Waals surface area contributed by atoms with E-state index in [1.165, 1.54) is 13.2 Å². The van der Waals surface area contributed by atoms with Crippen LogP contribution in [0.2, 0.25) is 0 Å². The van der Waals surface area contributed by atoms with Crippen LogP contribution >= 0.6 is 0 Å². The molecule has 2 saturated carbocycles. The molecule has 1 heterocycles. The highest BCUT2D eigenvalue weighted by molar-refractivity contribution is 7.93. The minimum absolute atomic E-state index is 0.0460. The van der Waals surface area contributed by atoms with E-state index < -0.39 is 39.2 Å². The standard InChI is InChI=1S/C25H26FNO9S/c1-33-12-35-10-13-7-18(13)19-9-15(26)3-6-21(19)37(31,32)27(25(30)34-2)20-5-4-16-17-8-14(17)11-36-23(16)22(20)24(28)29/h3-6,9,13-14,17-18H,7-8,10-12H2,1-2H3,(H,28,29)/t13?,14-,17-,18?/m0/s1. The second-order valence-corrected chi connectivity index (χ2v) is 11.2. The summed E-state index contributed by atoms with van der Waals surface area (Å²) in [4.78, 5) is 25.0. The van der Waals surface area contributed by atoms with Crippen LogP contribution in [0.5, 0.6) is 5.75 Å². The first-order valence-electron chi connectivity index (χ1n) is 11.7. The zero-order valence-corrected chi connectivity index (χ0v) is 21.0. The quantitative estimate of drug-likeness (QED) is 0.377. The zero-order chi connectivity index (χ0) is 26.5. The SMILES string of the molecule is COCOCC1CC1c1cc(F)ccc1S(=O)(=O)N(C(=O)OC)c1ccc2c(c1C(=O)O)OC[C@@H]1C[C@H]21. The number of methoxy groups -OCH3 is 2. The second kappa shape index (κ2) is 9.58. The first-order chi connectivity index (χ1) is 17.7. The third kappa shape index (κ3) is 4.53. The van der Waals surface area contributed by atoms with Crippen LogP contribution in [0.15, 0.2) is 35.2 Å². The number of sulfonamides is 1. The number of carboxylic acids is 1. The largest absolute Gasteiger partial charge is 0.492 e. The van der Waals surface area contributed by atoms with Crippen molar-refractivity contribution in [3.05, 3.63) is 52.8 Å². The fraction of sp³-hybridized carbons (Fsp3) is 0.440. The molecule has 10 nitrogen and oxygen atoms in total. The number of halogens is 1. The van der Waals surface area contributed by atoms with Gasteiger partial charge in [0.15, 0.2) is 0 Å². The number of carbonyl (C=O) groups excluding carboxylic acids is 1. The van der Waals surface area contributed by atoms with Crippen LogP contribution in [0, 0.1) is 17.7 Å². The van der Waals surface area contributed by atoms with Crippen molar-refractivity contribution in [3.63, 3.8) is 0 Å². The van der Waals surface area contributed by atoms with Crippen LogP contribution in [0.3, 0.4) is 0 Å². The van der Waals surface area contributed by atoms with E-state index >= 15 is 0 Å². The first-order valence-corrected chi connectivity index (χ1v) is 13.1. The van der Waals surface area contributed by atoms with Crippen LogP contribution in [0.1, 0.15) is 46.2 Å². The van der Waals surface area contributed by atoms with Crippen molar-refractivity contribution < 1.29 is 46.5 Å². The first kappa shape index (κ1) is 25.4. The number of hydrogen-bond acceptors (Lipinski definition) is 8. The maximum atomic E-state index is 14.3. The van der Waals surface area contributed by atoms with Gasteiger partial charge < -0.3 is 24.1 Å². The molecular formula is C25H26FNO9S. The maximum absolute atomic E-state index is 14.3. The second-order valence-electron chi connectivity index (χ2n) is 9.40. The molecule has 198 valence electrons. The summed E-state index contributed by atoms with van der Waals surface area (Å²) < 4.78 is 63.3. The van der Waals surface area contributed by atoms with Gasteiger partial charge in [-0.2, -0.15) is 4.31 Å². The van der Waals surface area contributed by atoms with Gasteiger partial charge in [-0.3, -0.25) is 0 Å². The van der Waals surface area contributed by atoms with Gasteiger partial charge in [-0.1, -0.05) is 6.07 Å². The van der Waals surface area contributed by atoms with E-state index in [1.807, 2.05) is 0 Å². The molecule has 2 unspecified atom stereocenters. The van der Waals surface area contributed by atoms with Crippen LogP contribution in [-0.4, -0.2) is 59.8 Å². The Kier molecular flexibility index (Phi) is 6.59. The van der Waals surface area contributed by atoms with Gasteiger partial charge in [0.2, 0.25) is 0 Å². The molecule has 2 aromatic carbocycles. The topological polar surface area (TPSA) is 129 Å². The molecule has 2 fully saturated rings. The average Bonchev–Trinajstić information content (AvgIpc) is 3.78. The zero-order valence-electron chi connectivity index (χ0n) is 20.2. The molecule has 1 amide bonds. The summed E-state index contributed by atoms with van der Waals surface area (Å²) in [5.41, 5.74) is -0.0215. The number of aromatic carboxylic acids is 1. The van der Waals surface area contributed by atoms with Gasteiger partial charge in [0.1, 0.15) is 23.9 Å². The van der Waals surface area contributed by atoms with Crippen LogP contribution < -0.4 is 9.04 Å². The van der Waals surface area contributed by atoms with Gasteiger partial charge in [-0.25, -0.2) is 22.4 Å².